The van der Waals surface area contributed by atoms with Gasteiger partial charge in [-0.05, 0) is 79.9 Å². The van der Waals surface area contributed by atoms with Crippen LogP contribution in [0.4, 0.5) is 0 Å². The van der Waals surface area contributed by atoms with E-state index in [1.807, 2.05) is 6.07 Å². The summed E-state index contributed by atoms with van der Waals surface area (Å²) >= 11 is 6.68. The molecule has 0 aliphatic heterocycles. The van der Waals surface area contributed by atoms with Crippen molar-refractivity contribution in [1.29, 1.82) is 0 Å². The number of ether oxygens (including phenoxy) is 1. The zero-order valence-corrected chi connectivity index (χ0v) is 12.9. The minimum Gasteiger partial charge on any atom is -0.485 e. The summed E-state index contributed by atoms with van der Waals surface area (Å²) in [5.74, 6) is 0.781. The third-order valence-electron chi connectivity index (χ3n) is 1.27. The molecule has 0 N–H and O–H groups in total. The highest BCUT2D eigenvalue weighted by molar-refractivity contribution is 14.1. The lowest BCUT2D eigenvalue weighted by Crippen LogP contribution is -2.00. The number of halogens is 3. The molecular formula is C8H5I3O2. The van der Waals surface area contributed by atoms with Crippen molar-refractivity contribution in [2.45, 2.75) is 0 Å². The van der Waals surface area contributed by atoms with Crippen molar-refractivity contribution in [1.82, 2.24) is 0 Å². The first-order valence-corrected chi connectivity index (χ1v) is 6.59. The van der Waals surface area contributed by atoms with Crippen LogP contribution in [-0.4, -0.2) is 12.9 Å². The molecule has 1 rings (SSSR count). The van der Waals surface area contributed by atoms with Crippen molar-refractivity contribution in [3.8, 4) is 5.75 Å². The van der Waals surface area contributed by atoms with Crippen LogP contribution in [0.3, 0.4) is 0 Å². The predicted octanol–water partition coefficient (Wildman–Crippen LogP) is 3.08. The number of benzene rings is 1. The zero-order valence-electron chi connectivity index (χ0n) is 6.39. The Hall–Kier alpha value is 0.880. The van der Waals surface area contributed by atoms with E-state index in [0.717, 1.165) is 22.7 Å². The normalized spacial score (nSPS) is 9.77. The molecule has 5 heteroatoms. The molecule has 1 aromatic rings. The van der Waals surface area contributed by atoms with E-state index in [-0.39, 0.29) is 6.61 Å². The summed E-state index contributed by atoms with van der Waals surface area (Å²) in [4.78, 5) is 10.1. The molecule has 0 unspecified atom stereocenters. The maximum absolute atomic E-state index is 10.1. The van der Waals surface area contributed by atoms with Gasteiger partial charge in [-0.15, -0.1) is 0 Å². The molecule has 0 spiro atoms. The predicted molar refractivity (Wildman–Crippen MR) is 76.2 cm³/mol. The number of hydrogen-bond donors (Lipinski definition) is 0. The zero-order chi connectivity index (χ0) is 9.84. The minimum atomic E-state index is 0.117. The molecule has 0 aliphatic carbocycles. The minimum absolute atomic E-state index is 0.117. The van der Waals surface area contributed by atoms with Crippen molar-refractivity contribution in [3.63, 3.8) is 0 Å². The van der Waals surface area contributed by atoms with Crippen LogP contribution in [0.1, 0.15) is 0 Å². The van der Waals surface area contributed by atoms with E-state index in [9.17, 15) is 4.79 Å². The summed E-state index contributed by atoms with van der Waals surface area (Å²) in [7, 11) is 0. The number of carbonyl (C=O) groups excluding carboxylic acids is 1. The third-order valence-corrected chi connectivity index (χ3v) is 4.88. The Kier molecular flexibility index (Phi) is 5.23. The molecule has 0 radical (unpaired) electrons. The van der Waals surface area contributed by atoms with Gasteiger partial charge in [-0.1, -0.05) is 0 Å². The first kappa shape index (κ1) is 12.0. The Bertz CT molecular complexity index is 325. The Morgan fingerprint density at radius 1 is 1.31 bits per heavy atom. The van der Waals surface area contributed by atoms with Gasteiger partial charge in [-0.2, -0.15) is 0 Å². The van der Waals surface area contributed by atoms with Gasteiger partial charge in [0.25, 0.3) is 0 Å². The van der Waals surface area contributed by atoms with Gasteiger partial charge in [0.15, 0.2) is 6.29 Å². The van der Waals surface area contributed by atoms with Crippen molar-refractivity contribution in [3.05, 3.63) is 22.8 Å². The van der Waals surface area contributed by atoms with E-state index in [0.29, 0.717) is 0 Å². The lowest BCUT2D eigenvalue weighted by Gasteiger charge is -2.07. The summed E-state index contributed by atoms with van der Waals surface area (Å²) in [5, 5.41) is 0. The van der Waals surface area contributed by atoms with E-state index >= 15 is 0 Å². The van der Waals surface area contributed by atoms with Gasteiger partial charge in [0.2, 0.25) is 0 Å². The molecule has 0 saturated heterocycles. The SMILES string of the molecule is O=CCOc1cc(I)cc(I)c1I. The van der Waals surface area contributed by atoms with Gasteiger partial charge in [0, 0.05) is 7.14 Å². The standard InChI is InChI=1S/C8H5I3O2/c9-5-3-6(10)8(11)7(4-5)13-2-1-12/h1,3-4H,2H2. The Morgan fingerprint density at radius 3 is 2.62 bits per heavy atom. The van der Waals surface area contributed by atoms with Crippen LogP contribution in [0.25, 0.3) is 0 Å². The van der Waals surface area contributed by atoms with Crippen LogP contribution in [-0.2, 0) is 4.79 Å². The van der Waals surface area contributed by atoms with Crippen molar-refractivity contribution >= 4 is 74.1 Å². The van der Waals surface area contributed by atoms with Crippen molar-refractivity contribution < 1.29 is 9.53 Å². The first-order valence-electron chi connectivity index (χ1n) is 3.36. The van der Waals surface area contributed by atoms with Gasteiger partial charge in [-0.3, -0.25) is 4.79 Å². The van der Waals surface area contributed by atoms with Gasteiger partial charge in [0.05, 0.1) is 3.57 Å². The van der Waals surface area contributed by atoms with E-state index in [2.05, 4.69) is 73.8 Å². The molecule has 1 aromatic carbocycles. The van der Waals surface area contributed by atoms with Crippen molar-refractivity contribution in [2.75, 3.05) is 6.61 Å². The van der Waals surface area contributed by atoms with E-state index in [1.54, 1.807) is 0 Å². The molecule has 0 amide bonds. The fraction of sp³-hybridized carbons (Fsp3) is 0.125. The van der Waals surface area contributed by atoms with Crippen LogP contribution < -0.4 is 4.74 Å². The van der Waals surface area contributed by atoms with Gasteiger partial charge in [-0.25, -0.2) is 0 Å². The van der Waals surface area contributed by atoms with E-state index < -0.39 is 0 Å². The van der Waals surface area contributed by atoms with Gasteiger partial charge in [0.1, 0.15) is 12.4 Å². The second kappa shape index (κ2) is 5.69. The Balaban J connectivity index is 2.98. The summed E-state index contributed by atoms with van der Waals surface area (Å²) in [5.41, 5.74) is 0. The highest BCUT2D eigenvalue weighted by atomic mass is 127. The van der Waals surface area contributed by atoms with Crippen LogP contribution in [0.15, 0.2) is 12.1 Å². The smallest absolute Gasteiger partial charge is 0.157 e. The first-order chi connectivity index (χ1) is 6.15. The molecule has 0 aliphatic rings. The molecule has 0 atom stereocenters. The van der Waals surface area contributed by atoms with Crippen LogP contribution in [0.2, 0.25) is 0 Å². The molecule has 70 valence electrons. The summed E-state index contributed by atoms with van der Waals surface area (Å²) in [6, 6.07) is 3.99. The maximum Gasteiger partial charge on any atom is 0.157 e. The highest BCUT2D eigenvalue weighted by Crippen LogP contribution is 2.28. The lowest BCUT2D eigenvalue weighted by atomic mass is 10.3. The number of rotatable bonds is 3. The average Bonchev–Trinajstić information content (AvgIpc) is 2.09. The Morgan fingerprint density at radius 2 is 2.00 bits per heavy atom. The average molecular weight is 514 g/mol. The lowest BCUT2D eigenvalue weighted by molar-refractivity contribution is -0.109. The van der Waals surface area contributed by atoms with Crippen LogP contribution in [0.5, 0.6) is 5.75 Å². The molecule has 2 nitrogen and oxygen atoms in total. The van der Waals surface area contributed by atoms with Gasteiger partial charge >= 0.3 is 0 Å². The fourth-order valence-corrected chi connectivity index (χ4v) is 3.02. The van der Waals surface area contributed by atoms with E-state index in [4.69, 9.17) is 4.74 Å². The summed E-state index contributed by atoms with van der Waals surface area (Å²) < 4.78 is 8.58. The second-order valence-corrected chi connectivity index (χ2v) is 5.66. The second-order valence-electron chi connectivity index (χ2n) is 2.18. The molecule has 0 aromatic heterocycles. The monoisotopic (exact) mass is 514 g/mol. The molecular weight excluding hydrogens is 509 g/mol. The fourth-order valence-electron chi connectivity index (χ4n) is 0.761. The molecule has 0 bridgehead atoms. The summed E-state index contributed by atoms with van der Waals surface area (Å²) in [6.07, 6.45) is 0.753. The van der Waals surface area contributed by atoms with Crippen LogP contribution in [0, 0.1) is 10.7 Å². The highest BCUT2D eigenvalue weighted by Gasteiger charge is 2.06. The maximum atomic E-state index is 10.1. The van der Waals surface area contributed by atoms with E-state index in [1.165, 1.54) is 0 Å². The number of carbonyl (C=O) groups is 1. The molecule has 0 fully saturated rings. The van der Waals surface area contributed by atoms with Crippen LogP contribution >= 0.6 is 67.8 Å². The topological polar surface area (TPSA) is 26.3 Å². The largest absolute Gasteiger partial charge is 0.485 e. The number of hydrogen-bond acceptors (Lipinski definition) is 2. The Labute approximate surface area is 117 Å². The van der Waals surface area contributed by atoms with Gasteiger partial charge < -0.3 is 4.74 Å². The quantitative estimate of drug-likeness (QED) is 0.353. The summed E-state index contributed by atoms with van der Waals surface area (Å²) in [6.45, 7) is 0.117. The molecule has 0 saturated carbocycles. The molecule has 0 heterocycles. The third kappa shape index (κ3) is 3.50. The van der Waals surface area contributed by atoms with Crippen molar-refractivity contribution in [2.24, 2.45) is 0 Å². The number of aldehydes is 1. The molecule has 13 heavy (non-hydrogen) atoms.